The van der Waals surface area contributed by atoms with E-state index in [-0.39, 0.29) is 6.10 Å². The Labute approximate surface area is 139 Å². The SMILES string of the molecule is CC(C)[C@@H]1CC[C@@H](C)C[C@@]12OCC[C@@H](c1cccc(Cl)c1)O2. The first-order valence-corrected chi connectivity index (χ1v) is 8.95. The van der Waals surface area contributed by atoms with Gasteiger partial charge in [-0.05, 0) is 36.0 Å². The largest absolute Gasteiger partial charge is 0.349 e. The number of benzene rings is 1. The third-order valence-electron chi connectivity index (χ3n) is 5.26. The molecule has 0 aromatic heterocycles. The Hall–Kier alpha value is -0.570. The van der Waals surface area contributed by atoms with Gasteiger partial charge >= 0.3 is 0 Å². The van der Waals surface area contributed by atoms with E-state index in [4.69, 9.17) is 21.1 Å². The highest BCUT2D eigenvalue weighted by molar-refractivity contribution is 6.30. The summed E-state index contributed by atoms with van der Waals surface area (Å²) in [5, 5.41) is 0.777. The molecule has 2 aliphatic rings. The van der Waals surface area contributed by atoms with E-state index in [1.807, 2.05) is 18.2 Å². The highest BCUT2D eigenvalue weighted by Gasteiger charge is 2.49. The monoisotopic (exact) mass is 322 g/mol. The molecule has 1 saturated heterocycles. The first kappa shape index (κ1) is 16.3. The summed E-state index contributed by atoms with van der Waals surface area (Å²) in [6.45, 7) is 7.66. The zero-order valence-electron chi connectivity index (χ0n) is 13.8. The number of hydrogen-bond acceptors (Lipinski definition) is 2. The Morgan fingerprint density at radius 1 is 1.23 bits per heavy atom. The van der Waals surface area contributed by atoms with Gasteiger partial charge in [-0.1, -0.05) is 50.9 Å². The highest BCUT2D eigenvalue weighted by atomic mass is 35.5. The van der Waals surface area contributed by atoms with Gasteiger partial charge in [0.25, 0.3) is 0 Å². The van der Waals surface area contributed by atoms with Crippen LogP contribution in [0.1, 0.15) is 58.1 Å². The topological polar surface area (TPSA) is 18.5 Å². The van der Waals surface area contributed by atoms with Crippen LogP contribution in [0.25, 0.3) is 0 Å². The van der Waals surface area contributed by atoms with Crippen molar-refractivity contribution >= 4 is 11.6 Å². The van der Waals surface area contributed by atoms with E-state index in [9.17, 15) is 0 Å². The minimum Gasteiger partial charge on any atom is -0.349 e. The van der Waals surface area contributed by atoms with Gasteiger partial charge in [0.1, 0.15) is 0 Å². The number of hydrogen-bond donors (Lipinski definition) is 0. The second-order valence-corrected chi connectivity index (χ2v) is 7.78. The molecule has 4 atom stereocenters. The Kier molecular flexibility index (Phi) is 4.82. The van der Waals surface area contributed by atoms with Crippen LogP contribution in [-0.2, 0) is 9.47 Å². The summed E-state index contributed by atoms with van der Waals surface area (Å²) in [6, 6.07) is 8.07. The van der Waals surface area contributed by atoms with Gasteiger partial charge in [0.2, 0.25) is 0 Å². The van der Waals surface area contributed by atoms with Gasteiger partial charge in [-0.3, -0.25) is 0 Å². The Bertz CT molecular complexity index is 516. The second kappa shape index (κ2) is 6.51. The summed E-state index contributed by atoms with van der Waals surface area (Å²) in [7, 11) is 0. The van der Waals surface area contributed by atoms with Crippen LogP contribution >= 0.6 is 11.6 Å². The van der Waals surface area contributed by atoms with Gasteiger partial charge in [0.15, 0.2) is 5.79 Å². The zero-order chi connectivity index (χ0) is 15.7. The lowest BCUT2D eigenvalue weighted by Gasteiger charge is -2.51. The molecule has 1 saturated carbocycles. The van der Waals surface area contributed by atoms with Crippen molar-refractivity contribution in [1.82, 2.24) is 0 Å². The molecule has 1 heterocycles. The molecule has 2 nitrogen and oxygen atoms in total. The summed E-state index contributed by atoms with van der Waals surface area (Å²) in [6.07, 6.45) is 4.48. The molecule has 0 amide bonds. The van der Waals surface area contributed by atoms with Crippen molar-refractivity contribution in [2.45, 2.75) is 58.3 Å². The molecule has 0 radical (unpaired) electrons. The van der Waals surface area contributed by atoms with Gasteiger partial charge in [0.05, 0.1) is 12.7 Å². The van der Waals surface area contributed by atoms with Crippen LogP contribution in [0.4, 0.5) is 0 Å². The van der Waals surface area contributed by atoms with E-state index in [2.05, 4.69) is 26.8 Å². The molecule has 1 aliphatic heterocycles. The van der Waals surface area contributed by atoms with E-state index in [0.717, 1.165) is 24.5 Å². The summed E-state index contributed by atoms with van der Waals surface area (Å²) in [5.41, 5.74) is 1.18. The van der Waals surface area contributed by atoms with E-state index in [1.54, 1.807) is 0 Å². The van der Waals surface area contributed by atoms with E-state index in [1.165, 1.54) is 18.4 Å². The van der Waals surface area contributed by atoms with Crippen LogP contribution in [0.5, 0.6) is 0 Å². The number of halogens is 1. The molecule has 0 unspecified atom stereocenters. The smallest absolute Gasteiger partial charge is 0.172 e. The molecule has 2 fully saturated rings. The van der Waals surface area contributed by atoms with Crippen molar-refractivity contribution in [3.63, 3.8) is 0 Å². The molecule has 122 valence electrons. The summed E-state index contributed by atoms with van der Waals surface area (Å²) in [4.78, 5) is 0. The van der Waals surface area contributed by atoms with E-state index < -0.39 is 5.79 Å². The van der Waals surface area contributed by atoms with Gasteiger partial charge < -0.3 is 9.47 Å². The van der Waals surface area contributed by atoms with Crippen molar-refractivity contribution in [3.05, 3.63) is 34.9 Å². The molecule has 3 heteroatoms. The molecule has 1 aromatic rings. The summed E-state index contributed by atoms with van der Waals surface area (Å²) < 4.78 is 12.9. The van der Waals surface area contributed by atoms with Crippen LogP contribution in [0.3, 0.4) is 0 Å². The van der Waals surface area contributed by atoms with Crippen LogP contribution in [-0.4, -0.2) is 12.4 Å². The van der Waals surface area contributed by atoms with Crippen molar-refractivity contribution in [1.29, 1.82) is 0 Å². The second-order valence-electron chi connectivity index (χ2n) is 7.35. The molecular formula is C19H27ClO2. The van der Waals surface area contributed by atoms with Crippen molar-refractivity contribution in [2.24, 2.45) is 17.8 Å². The maximum absolute atomic E-state index is 6.62. The standard InChI is InChI=1S/C19H27ClO2/c1-13(2)17-8-7-14(3)12-19(17)21-10-9-18(22-19)15-5-4-6-16(20)11-15/h4-6,11,13-14,17-18H,7-10,12H2,1-3H3/t14-,17+,18+,19+/m1/s1. The maximum atomic E-state index is 6.62. The highest BCUT2D eigenvalue weighted by Crippen LogP contribution is 2.49. The average molecular weight is 323 g/mol. The van der Waals surface area contributed by atoms with E-state index >= 15 is 0 Å². The predicted octanol–water partition coefficient (Wildman–Crippen LogP) is 5.61. The number of ether oxygens (including phenoxy) is 2. The van der Waals surface area contributed by atoms with Crippen LogP contribution in [0, 0.1) is 17.8 Å². The van der Waals surface area contributed by atoms with Crippen molar-refractivity contribution < 1.29 is 9.47 Å². The lowest BCUT2D eigenvalue weighted by molar-refractivity contribution is -0.341. The third kappa shape index (κ3) is 3.20. The first-order valence-electron chi connectivity index (χ1n) is 8.57. The summed E-state index contributed by atoms with van der Waals surface area (Å²) >= 11 is 6.16. The Morgan fingerprint density at radius 3 is 2.77 bits per heavy atom. The third-order valence-corrected chi connectivity index (χ3v) is 5.50. The molecule has 1 aliphatic carbocycles. The maximum Gasteiger partial charge on any atom is 0.172 e. The normalized spacial score (nSPS) is 36.0. The van der Waals surface area contributed by atoms with Crippen LogP contribution < -0.4 is 0 Å². The molecule has 1 aromatic carbocycles. The average Bonchev–Trinajstić information content (AvgIpc) is 2.47. The van der Waals surface area contributed by atoms with Crippen molar-refractivity contribution in [3.8, 4) is 0 Å². The fraction of sp³-hybridized carbons (Fsp3) is 0.684. The molecule has 1 spiro atoms. The lowest BCUT2D eigenvalue weighted by atomic mass is 9.72. The molecule has 3 rings (SSSR count). The number of rotatable bonds is 2. The fourth-order valence-corrected chi connectivity index (χ4v) is 4.38. The van der Waals surface area contributed by atoms with Gasteiger partial charge in [-0.25, -0.2) is 0 Å². The zero-order valence-corrected chi connectivity index (χ0v) is 14.6. The quantitative estimate of drug-likeness (QED) is 0.705. The molecule has 0 N–H and O–H groups in total. The minimum atomic E-state index is -0.406. The molecule has 22 heavy (non-hydrogen) atoms. The summed E-state index contributed by atoms with van der Waals surface area (Å²) in [5.74, 6) is 1.31. The molecule has 0 bridgehead atoms. The van der Waals surface area contributed by atoms with Gasteiger partial charge in [-0.15, -0.1) is 0 Å². The van der Waals surface area contributed by atoms with Gasteiger partial charge in [-0.2, -0.15) is 0 Å². The van der Waals surface area contributed by atoms with Crippen LogP contribution in [0.2, 0.25) is 5.02 Å². The van der Waals surface area contributed by atoms with Crippen LogP contribution in [0.15, 0.2) is 24.3 Å². The lowest BCUT2D eigenvalue weighted by Crippen LogP contribution is -2.52. The Balaban J connectivity index is 1.86. The molecular weight excluding hydrogens is 296 g/mol. The fourth-order valence-electron chi connectivity index (χ4n) is 4.18. The Morgan fingerprint density at radius 2 is 2.05 bits per heavy atom. The minimum absolute atomic E-state index is 0.0963. The predicted molar refractivity (Wildman–Crippen MR) is 89.9 cm³/mol. The van der Waals surface area contributed by atoms with Gasteiger partial charge in [0, 0.05) is 23.8 Å². The first-order chi connectivity index (χ1) is 10.5. The van der Waals surface area contributed by atoms with E-state index in [0.29, 0.717) is 17.8 Å². The van der Waals surface area contributed by atoms with Crippen molar-refractivity contribution in [2.75, 3.05) is 6.61 Å².